The molecular weight excluding hydrogens is 202 g/mol. The molecule has 2 heterocycles. The number of ether oxygens (including phenoxy) is 1. The fraction of sp³-hybridized carbons (Fsp3) is 0.889. The van der Waals surface area contributed by atoms with E-state index in [-0.39, 0.29) is 18.3 Å². The highest BCUT2D eigenvalue weighted by Crippen LogP contribution is 2.36. The largest absolute Gasteiger partial charge is 0.440 e. The normalized spacial score (nSPS) is 31.5. The number of hydrogen-bond donors (Lipinski definition) is 1. The van der Waals surface area contributed by atoms with Crippen molar-refractivity contribution in [2.75, 3.05) is 31.2 Å². The van der Waals surface area contributed by atoms with Gasteiger partial charge < -0.3 is 14.7 Å². The number of carbonyl (C=O) groups is 1. The number of rotatable bonds is 3. The van der Waals surface area contributed by atoms with Crippen molar-refractivity contribution in [3.63, 3.8) is 0 Å². The van der Waals surface area contributed by atoms with Crippen LogP contribution in [0.15, 0.2) is 0 Å². The van der Waals surface area contributed by atoms with Crippen molar-refractivity contribution in [2.45, 2.75) is 18.4 Å². The summed E-state index contributed by atoms with van der Waals surface area (Å²) in [4.78, 5) is 13.2. The maximum atomic E-state index is 11.5. The van der Waals surface area contributed by atoms with Crippen LogP contribution in [0.3, 0.4) is 0 Å². The van der Waals surface area contributed by atoms with Crippen molar-refractivity contribution in [2.24, 2.45) is 0 Å². The monoisotopic (exact) mass is 217 g/mol. The first kappa shape index (κ1) is 10.1. The molecule has 1 spiro atoms. The van der Waals surface area contributed by atoms with Gasteiger partial charge >= 0.3 is 6.09 Å². The van der Waals surface area contributed by atoms with Gasteiger partial charge in [-0.2, -0.15) is 11.8 Å². The summed E-state index contributed by atoms with van der Waals surface area (Å²) in [5, 5.41) is 8.69. The van der Waals surface area contributed by atoms with E-state index in [2.05, 4.69) is 0 Å². The Morgan fingerprint density at radius 3 is 3.14 bits per heavy atom. The van der Waals surface area contributed by atoms with Crippen LogP contribution in [-0.2, 0) is 4.74 Å². The maximum absolute atomic E-state index is 11.5. The van der Waals surface area contributed by atoms with Gasteiger partial charge in [-0.15, -0.1) is 0 Å². The Hall–Kier alpha value is -0.420. The Labute approximate surface area is 87.6 Å². The lowest BCUT2D eigenvalue weighted by molar-refractivity contribution is 0.0775. The predicted molar refractivity (Wildman–Crippen MR) is 54.4 cm³/mol. The van der Waals surface area contributed by atoms with Gasteiger partial charge in [0.1, 0.15) is 5.60 Å². The lowest BCUT2D eigenvalue weighted by Gasteiger charge is -2.18. The van der Waals surface area contributed by atoms with Gasteiger partial charge in [-0.1, -0.05) is 0 Å². The Balaban J connectivity index is 1.92. The van der Waals surface area contributed by atoms with Gasteiger partial charge in [-0.05, 0) is 18.6 Å². The number of carbonyl (C=O) groups excluding carboxylic acids is 1. The third-order valence-corrected chi connectivity index (χ3v) is 3.92. The van der Waals surface area contributed by atoms with E-state index < -0.39 is 0 Å². The first-order valence-corrected chi connectivity index (χ1v) is 6.08. The van der Waals surface area contributed by atoms with Crippen LogP contribution in [0.25, 0.3) is 0 Å². The van der Waals surface area contributed by atoms with Crippen molar-refractivity contribution >= 4 is 17.9 Å². The zero-order chi connectivity index (χ0) is 10.0. The van der Waals surface area contributed by atoms with Crippen LogP contribution in [0, 0.1) is 0 Å². The zero-order valence-corrected chi connectivity index (χ0v) is 8.89. The number of nitrogens with zero attached hydrogens (tertiary/aromatic N) is 1. The second-order valence-corrected chi connectivity index (χ2v) is 4.96. The Kier molecular flexibility index (Phi) is 2.88. The SMILES string of the molecule is O=C1OC2(CCSC2)CN1CCCO. The molecule has 0 aromatic heterocycles. The predicted octanol–water partition coefficient (Wildman–Crippen LogP) is 0.697. The van der Waals surface area contributed by atoms with E-state index in [1.807, 2.05) is 11.8 Å². The van der Waals surface area contributed by atoms with E-state index in [0.29, 0.717) is 19.5 Å². The molecule has 0 saturated carbocycles. The molecule has 2 fully saturated rings. The van der Waals surface area contributed by atoms with E-state index in [1.54, 1.807) is 4.90 Å². The average molecular weight is 217 g/mol. The molecule has 1 amide bonds. The highest BCUT2D eigenvalue weighted by atomic mass is 32.2. The number of amides is 1. The number of aliphatic hydroxyl groups excluding tert-OH is 1. The molecule has 2 rings (SSSR count). The van der Waals surface area contributed by atoms with Crippen molar-refractivity contribution in [3.8, 4) is 0 Å². The van der Waals surface area contributed by atoms with Crippen LogP contribution in [0.4, 0.5) is 4.79 Å². The van der Waals surface area contributed by atoms with Crippen LogP contribution < -0.4 is 0 Å². The second kappa shape index (κ2) is 3.98. The van der Waals surface area contributed by atoms with Gasteiger partial charge in [0, 0.05) is 18.9 Å². The van der Waals surface area contributed by atoms with Gasteiger partial charge in [-0.3, -0.25) is 0 Å². The summed E-state index contributed by atoms with van der Waals surface area (Å²) in [6.45, 7) is 1.45. The lowest BCUT2D eigenvalue weighted by Crippen LogP contribution is -2.34. The van der Waals surface area contributed by atoms with Crippen molar-refractivity contribution < 1.29 is 14.6 Å². The summed E-state index contributed by atoms with van der Waals surface area (Å²) in [6.07, 6.45) is 1.40. The number of aliphatic hydroxyl groups is 1. The molecule has 80 valence electrons. The molecular formula is C9H15NO3S. The molecule has 1 atom stereocenters. The molecule has 0 bridgehead atoms. The van der Waals surface area contributed by atoms with Gasteiger partial charge in [0.05, 0.1) is 6.54 Å². The minimum atomic E-state index is -0.211. The van der Waals surface area contributed by atoms with Gasteiger partial charge in [-0.25, -0.2) is 4.79 Å². The van der Waals surface area contributed by atoms with Crippen molar-refractivity contribution in [3.05, 3.63) is 0 Å². The highest BCUT2D eigenvalue weighted by Gasteiger charge is 2.46. The molecule has 14 heavy (non-hydrogen) atoms. The first-order chi connectivity index (χ1) is 6.76. The Morgan fingerprint density at radius 1 is 1.64 bits per heavy atom. The zero-order valence-electron chi connectivity index (χ0n) is 8.07. The van der Waals surface area contributed by atoms with E-state index in [0.717, 1.165) is 17.9 Å². The van der Waals surface area contributed by atoms with Gasteiger partial charge in [0.15, 0.2) is 0 Å². The third-order valence-electron chi connectivity index (χ3n) is 2.69. The van der Waals surface area contributed by atoms with Gasteiger partial charge in [0.2, 0.25) is 0 Å². The molecule has 0 aromatic rings. The fourth-order valence-corrected chi connectivity index (χ4v) is 3.25. The van der Waals surface area contributed by atoms with E-state index in [1.165, 1.54) is 0 Å². The molecule has 0 radical (unpaired) electrons. The van der Waals surface area contributed by atoms with Crippen LogP contribution in [0.5, 0.6) is 0 Å². The average Bonchev–Trinajstić information content (AvgIpc) is 2.72. The molecule has 2 aliphatic heterocycles. The molecule has 0 aromatic carbocycles. The van der Waals surface area contributed by atoms with Crippen LogP contribution in [0.1, 0.15) is 12.8 Å². The van der Waals surface area contributed by atoms with Crippen molar-refractivity contribution in [1.29, 1.82) is 0 Å². The fourth-order valence-electron chi connectivity index (χ4n) is 1.92. The third kappa shape index (κ3) is 1.83. The summed E-state index contributed by atoms with van der Waals surface area (Å²) in [6, 6.07) is 0. The second-order valence-electron chi connectivity index (χ2n) is 3.85. The van der Waals surface area contributed by atoms with Crippen LogP contribution in [-0.4, -0.2) is 52.9 Å². The standard InChI is InChI=1S/C9H15NO3S/c11-4-1-3-10-6-9(13-8(10)12)2-5-14-7-9/h11H,1-7H2. The van der Waals surface area contributed by atoms with E-state index in [4.69, 9.17) is 9.84 Å². The quantitative estimate of drug-likeness (QED) is 0.756. The number of thioether (sulfide) groups is 1. The Morgan fingerprint density at radius 2 is 2.50 bits per heavy atom. The van der Waals surface area contributed by atoms with Crippen LogP contribution in [0.2, 0.25) is 0 Å². The maximum Gasteiger partial charge on any atom is 0.410 e. The van der Waals surface area contributed by atoms with Crippen LogP contribution >= 0.6 is 11.8 Å². The molecule has 5 heteroatoms. The summed E-state index contributed by atoms with van der Waals surface area (Å²) in [7, 11) is 0. The first-order valence-electron chi connectivity index (χ1n) is 4.92. The molecule has 2 aliphatic rings. The topological polar surface area (TPSA) is 49.8 Å². The summed E-state index contributed by atoms with van der Waals surface area (Å²) in [5.41, 5.74) is -0.211. The van der Waals surface area contributed by atoms with Crippen molar-refractivity contribution in [1.82, 2.24) is 4.90 Å². The summed E-state index contributed by atoms with van der Waals surface area (Å²) >= 11 is 1.84. The lowest BCUT2D eigenvalue weighted by atomic mass is 10.0. The number of hydrogen-bond acceptors (Lipinski definition) is 4. The molecule has 1 N–H and O–H groups in total. The molecule has 4 nitrogen and oxygen atoms in total. The minimum Gasteiger partial charge on any atom is -0.440 e. The summed E-state index contributed by atoms with van der Waals surface area (Å²) in [5.74, 6) is 2.01. The van der Waals surface area contributed by atoms with E-state index in [9.17, 15) is 4.79 Å². The summed E-state index contributed by atoms with van der Waals surface area (Å²) < 4.78 is 5.40. The van der Waals surface area contributed by atoms with E-state index >= 15 is 0 Å². The highest BCUT2D eigenvalue weighted by molar-refractivity contribution is 7.99. The smallest absolute Gasteiger partial charge is 0.410 e. The minimum absolute atomic E-state index is 0.130. The Bertz CT molecular complexity index is 228. The van der Waals surface area contributed by atoms with Gasteiger partial charge in [0.25, 0.3) is 0 Å². The molecule has 1 unspecified atom stereocenters. The molecule has 0 aliphatic carbocycles. The molecule has 2 saturated heterocycles.